The maximum absolute atomic E-state index is 12.4. The Bertz CT molecular complexity index is 620. The van der Waals surface area contributed by atoms with Gasteiger partial charge in [-0.05, 0) is 20.3 Å². The molecule has 0 spiro atoms. The van der Waals surface area contributed by atoms with E-state index >= 15 is 0 Å². The molecule has 0 rings (SSSR count). The number of rotatable bonds is 12. The van der Waals surface area contributed by atoms with Gasteiger partial charge in [-0.25, -0.2) is 0 Å². The molecule has 2 amide bonds. The minimum Gasteiger partial charge on any atom is -0.465 e. The van der Waals surface area contributed by atoms with Crippen molar-refractivity contribution in [3.05, 3.63) is 0 Å². The third-order valence-corrected chi connectivity index (χ3v) is 5.00. The lowest BCUT2D eigenvalue weighted by molar-refractivity contribution is -0.145. The molecule has 2 atom stereocenters. The molecule has 0 aromatic heterocycles. The molecule has 10 nitrogen and oxygen atoms in total. The second-order valence-corrected chi connectivity index (χ2v) is 8.38. The van der Waals surface area contributed by atoms with Crippen LogP contribution < -0.4 is 16.4 Å². The number of amides is 2. The average molecular weight is 448 g/mol. The van der Waals surface area contributed by atoms with Crippen molar-refractivity contribution in [3.8, 4) is 0 Å². The summed E-state index contributed by atoms with van der Waals surface area (Å²) in [5.41, 5.74) is 5.05. The van der Waals surface area contributed by atoms with Crippen LogP contribution in [0.25, 0.3) is 0 Å². The van der Waals surface area contributed by atoms with Gasteiger partial charge in [0.2, 0.25) is 11.8 Å². The molecule has 30 heavy (non-hydrogen) atoms. The first-order valence-electron chi connectivity index (χ1n) is 9.74. The van der Waals surface area contributed by atoms with Crippen molar-refractivity contribution in [3.63, 3.8) is 0 Å². The van der Waals surface area contributed by atoms with Crippen molar-refractivity contribution >= 4 is 40.6 Å². The number of thioether (sulfide) groups is 1. The Balaban J connectivity index is 4.90. The third-order valence-electron chi connectivity index (χ3n) is 3.63. The van der Waals surface area contributed by atoms with Gasteiger partial charge in [-0.1, -0.05) is 32.5 Å². The number of nitrogens with one attached hydrogen (secondary N) is 2. The van der Waals surface area contributed by atoms with Crippen LogP contribution in [-0.2, 0) is 33.4 Å². The normalized spacial score (nSPS) is 13.0. The average Bonchev–Trinajstić information content (AvgIpc) is 2.66. The monoisotopic (exact) mass is 447 g/mol. The molecule has 11 heteroatoms. The summed E-state index contributed by atoms with van der Waals surface area (Å²) in [5.74, 6) is -2.38. The molecule has 0 heterocycles. The lowest BCUT2D eigenvalue weighted by Crippen LogP contribution is -2.50. The number of nitrogens with two attached hydrogens (primary N) is 1. The van der Waals surface area contributed by atoms with Crippen LogP contribution in [0.3, 0.4) is 0 Å². The van der Waals surface area contributed by atoms with Gasteiger partial charge in [0.05, 0.1) is 13.2 Å². The Labute approximate surface area is 181 Å². The summed E-state index contributed by atoms with van der Waals surface area (Å²) in [5, 5.41) is 4.76. The minimum absolute atomic E-state index is 0.0135. The zero-order valence-corrected chi connectivity index (χ0v) is 19.1. The standard InChI is InChI=1S/C19H33N3O7S/c1-6-28-15(24)10-21-16(25)13(11-30-18(27)19(3,4)5)22-14(23)9-8-12(20)17(26)29-7-2/h12-13H,6-11,20H2,1-5H3,(H,21,25)(H,22,23)/t12-,13-/m0/s1. The van der Waals surface area contributed by atoms with Crippen molar-refractivity contribution in [2.24, 2.45) is 11.1 Å². The highest BCUT2D eigenvalue weighted by molar-refractivity contribution is 8.13. The first-order chi connectivity index (χ1) is 13.9. The van der Waals surface area contributed by atoms with E-state index in [0.29, 0.717) is 0 Å². The summed E-state index contributed by atoms with van der Waals surface area (Å²) < 4.78 is 9.53. The van der Waals surface area contributed by atoms with Crippen LogP contribution in [0.4, 0.5) is 0 Å². The predicted octanol–water partition coefficient (Wildman–Crippen LogP) is 0.127. The summed E-state index contributed by atoms with van der Waals surface area (Å²) in [6.07, 6.45) is -0.0740. The van der Waals surface area contributed by atoms with Crippen molar-refractivity contribution in [1.29, 1.82) is 0 Å². The minimum atomic E-state index is -1.05. The Morgan fingerprint density at radius 2 is 1.63 bits per heavy atom. The molecule has 0 fully saturated rings. The van der Waals surface area contributed by atoms with Gasteiger partial charge >= 0.3 is 11.9 Å². The van der Waals surface area contributed by atoms with Gasteiger partial charge in [0.25, 0.3) is 0 Å². The third kappa shape index (κ3) is 11.8. The van der Waals surface area contributed by atoms with Crippen LogP contribution in [0.5, 0.6) is 0 Å². The lowest BCUT2D eigenvalue weighted by atomic mass is 10.00. The maximum atomic E-state index is 12.4. The van der Waals surface area contributed by atoms with Gasteiger partial charge in [-0.2, -0.15) is 0 Å². The van der Waals surface area contributed by atoms with E-state index in [4.69, 9.17) is 15.2 Å². The molecule has 0 radical (unpaired) electrons. The van der Waals surface area contributed by atoms with Gasteiger partial charge in [0.15, 0.2) is 5.12 Å². The molecular weight excluding hydrogens is 414 g/mol. The van der Waals surface area contributed by atoms with E-state index in [2.05, 4.69) is 10.6 Å². The second-order valence-electron chi connectivity index (χ2n) is 7.39. The van der Waals surface area contributed by atoms with Crippen LogP contribution in [0.2, 0.25) is 0 Å². The van der Waals surface area contributed by atoms with Crippen molar-refractivity contribution in [1.82, 2.24) is 10.6 Å². The van der Waals surface area contributed by atoms with Crippen LogP contribution in [0.1, 0.15) is 47.5 Å². The highest BCUT2D eigenvalue weighted by Crippen LogP contribution is 2.23. The molecule has 0 aromatic rings. The highest BCUT2D eigenvalue weighted by Gasteiger charge is 2.27. The Kier molecular flexibility index (Phi) is 13.0. The van der Waals surface area contributed by atoms with E-state index in [1.54, 1.807) is 34.6 Å². The summed E-state index contributed by atoms with van der Waals surface area (Å²) in [4.78, 5) is 59.8. The molecule has 4 N–H and O–H groups in total. The first kappa shape index (κ1) is 27.9. The Morgan fingerprint density at radius 3 is 2.17 bits per heavy atom. The number of ether oxygens (including phenoxy) is 2. The van der Waals surface area contributed by atoms with Crippen LogP contribution in [-0.4, -0.2) is 66.5 Å². The topological polar surface area (TPSA) is 154 Å². The van der Waals surface area contributed by atoms with E-state index in [-0.39, 0.29) is 43.5 Å². The fourth-order valence-electron chi connectivity index (χ4n) is 1.97. The van der Waals surface area contributed by atoms with Crippen molar-refractivity contribution in [2.45, 2.75) is 59.5 Å². The van der Waals surface area contributed by atoms with Gasteiger partial charge in [0, 0.05) is 17.6 Å². The molecule has 0 aliphatic heterocycles. The Hall–Kier alpha value is -2.14. The van der Waals surface area contributed by atoms with Crippen molar-refractivity contribution in [2.75, 3.05) is 25.5 Å². The summed E-state index contributed by atoms with van der Waals surface area (Å²) in [7, 11) is 0. The molecule has 0 aliphatic rings. The van der Waals surface area contributed by atoms with E-state index in [9.17, 15) is 24.0 Å². The summed E-state index contributed by atoms with van der Waals surface area (Å²) in [6, 6.07) is -2.01. The van der Waals surface area contributed by atoms with Crippen molar-refractivity contribution < 1.29 is 33.4 Å². The zero-order chi connectivity index (χ0) is 23.3. The largest absolute Gasteiger partial charge is 0.465 e. The van der Waals surface area contributed by atoms with E-state index in [0.717, 1.165) is 11.8 Å². The molecule has 0 aromatic carbocycles. The van der Waals surface area contributed by atoms with E-state index in [1.165, 1.54) is 0 Å². The fourth-order valence-corrected chi connectivity index (χ4v) is 2.96. The van der Waals surface area contributed by atoms with Gasteiger partial charge in [-0.15, -0.1) is 0 Å². The molecule has 0 bridgehead atoms. The summed E-state index contributed by atoms with van der Waals surface area (Å²) >= 11 is 0.913. The second kappa shape index (κ2) is 14.0. The van der Waals surface area contributed by atoms with Crippen LogP contribution >= 0.6 is 11.8 Å². The lowest BCUT2D eigenvalue weighted by Gasteiger charge is -2.21. The van der Waals surface area contributed by atoms with Gasteiger partial charge < -0.3 is 25.8 Å². The Morgan fingerprint density at radius 1 is 1.03 bits per heavy atom. The highest BCUT2D eigenvalue weighted by atomic mass is 32.2. The number of esters is 2. The predicted molar refractivity (Wildman–Crippen MR) is 112 cm³/mol. The SMILES string of the molecule is CCOC(=O)CNC(=O)[C@H](CSC(=O)C(C)(C)C)NC(=O)CC[C@H](N)C(=O)OCC. The van der Waals surface area contributed by atoms with Crippen LogP contribution in [0, 0.1) is 5.41 Å². The quantitative estimate of drug-likeness (QED) is 0.354. The van der Waals surface area contributed by atoms with E-state index in [1.807, 2.05) is 0 Å². The summed E-state index contributed by atoms with van der Waals surface area (Å²) in [6.45, 7) is 8.51. The molecule has 0 unspecified atom stereocenters. The molecule has 0 saturated heterocycles. The smallest absolute Gasteiger partial charge is 0.325 e. The van der Waals surface area contributed by atoms with Crippen LogP contribution in [0.15, 0.2) is 0 Å². The number of hydrogen-bond donors (Lipinski definition) is 3. The molecule has 0 aliphatic carbocycles. The molecule has 0 saturated carbocycles. The van der Waals surface area contributed by atoms with Gasteiger partial charge in [-0.3, -0.25) is 24.0 Å². The van der Waals surface area contributed by atoms with E-state index < -0.39 is 41.3 Å². The number of carbonyl (C=O) groups is 5. The van der Waals surface area contributed by atoms with Gasteiger partial charge in [0.1, 0.15) is 18.6 Å². The molecular formula is C19H33N3O7S. The first-order valence-corrected chi connectivity index (χ1v) is 10.7. The number of carbonyl (C=O) groups excluding carboxylic acids is 5. The fraction of sp³-hybridized carbons (Fsp3) is 0.737. The number of hydrogen-bond acceptors (Lipinski definition) is 9. The molecule has 172 valence electrons. The maximum Gasteiger partial charge on any atom is 0.325 e. The zero-order valence-electron chi connectivity index (χ0n) is 18.2.